The van der Waals surface area contributed by atoms with Crippen LogP contribution in [0, 0.1) is 0 Å². The number of pyridine rings is 1. The Bertz CT molecular complexity index is 636. The number of ether oxygens (including phenoxy) is 3. The molecule has 0 spiro atoms. The minimum absolute atomic E-state index is 0.322. The standard InChI is InChI=1S/C16H18N2O4/c1-4-22-14-6-5-7-17-15(14)18-16(19)11-8-12(20-2)10-13(9-11)21-3/h5-10H,4H2,1-3H3,(H,17,18,19). The van der Waals surface area contributed by atoms with E-state index in [1.54, 1.807) is 36.5 Å². The smallest absolute Gasteiger partial charge is 0.257 e. The molecule has 22 heavy (non-hydrogen) atoms. The van der Waals surface area contributed by atoms with Crippen molar-refractivity contribution >= 4 is 11.7 Å². The predicted molar refractivity (Wildman–Crippen MR) is 82.9 cm³/mol. The van der Waals surface area contributed by atoms with Crippen LogP contribution in [0.25, 0.3) is 0 Å². The van der Waals surface area contributed by atoms with Crippen molar-refractivity contribution < 1.29 is 19.0 Å². The zero-order valence-electron chi connectivity index (χ0n) is 12.8. The fourth-order valence-electron chi connectivity index (χ4n) is 1.87. The SMILES string of the molecule is CCOc1cccnc1NC(=O)c1cc(OC)cc(OC)c1. The van der Waals surface area contributed by atoms with E-state index in [0.29, 0.717) is 35.2 Å². The van der Waals surface area contributed by atoms with Crippen LogP contribution in [0.5, 0.6) is 17.2 Å². The number of aromatic nitrogens is 1. The Morgan fingerprint density at radius 3 is 2.45 bits per heavy atom. The van der Waals surface area contributed by atoms with Crippen LogP contribution < -0.4 is 19.5 Å². The van der Waals surface area contributed by atoms with E-state index in [1.165, 1.54) is 14.2 Å². The van der Waals surface area contributed by atoms with E-state index in [1.807, 2.05) is 6.92 Å². The lowest BCUT2D eigenvalue weighted by atomic mass is 10.2. The summed E-state index contributed by atoms with van der Waals surface area (Å²) in [6.07, 6.45) is 1.59. The Balaban J connectivity index is 2.26. The molecule has 0 fully saturated rings. The number of benzene rings is 1. The molecule has 0 radical (unpaired) electrons. The second-order valence-corrected chi connectivity index (χ2v) is 4.34. The van der Waals surface area contributed by atoms with Gasteiger partial charge in [0, 0.05) is 17.8 Å². The molecule has 2 aromatic rings. The van der Waals surface area contributed by atoms with Crippen LogP contribution >= 0.6 is 0 Å². The van der Waals surface area contributed by atoms with Gasteiger partial charge in [-0.15, -0.1) is 0 Å². The average molecular weight is 302 g/mol. The van der Waals surface area contributed by atoms with E-state index in [2.05, 4.69) is 10.3 Å². The monoisotopic (exact) mass is 302 g/mol. The third-order valence-electron chi connectivity index (χ3n) is 2.92. The number of methoxy groups -OCH3 is 2. The molecule has 1 heterocycles. The van der Waals surface area contributed by atoms with Crippen molar-refractivity contribution in [3.63, 3.8) is 0 Å². The first-order chi connectivity index (χ1) is 10.7. The van der Waals surface area contributed by atoms with Gasteiger partial charge in [-0.25, -0.2) is 4.98 Å². The summed E-state index contributed by atoms with van der Waals surface area (Å²) in [5.41, 5.74) is 0.407. The van der Waals surface area contributed by atoms with Gasteiger partial charge in [0.1, 0.15) is 11.5 Å². The van der Waals surface area contributed by atoms with E-state index in [4.69, 9.17) is 14.2 Å². The van der Waals surface area contributed by atoms with Gasteiger partial charge < -0.3 is 19.5 Å². The number of carbonyl (C=O) groups excluding carboxylic acids is 1. The average Bonchev–Trinajstić information content (AvgIpc) is 2.56. The van der Waals surface area contributed by atoms with Gasteiger partial charge in [0.2, 0.25) is 0 Å². The zero-order chi connectivity index (χ0) is 15.9. The van der Waals surface area contributed by atoms with Gasteiger partial charge in [-0.1, -0.05) is 0 Å². The maximum atomic E-state index is 12.4. The van der Waals surface area contributed by atoms with E-state index in [0.717, 1.165) is 0 Å². The van der Waals surface area contributed by atoms with Crippen molar-refractivity contribution in [3.05, 3.63) is 42.1 Å². The first-order valence-electron chi connectivity index (χ1n) is 6.80. The molecule has 1 N–H and O–H groups in total. The van der Waals surface area contributed by atoms with Crippen LogP contribution in [-0.2, 0) is 0 Å². The van der Waals surface area contributed by atoms with E-state index in [9.17, 15) is 4.79 Å². The molecule has 0 saturated heterocycles. The van der Waals surface area contributed by atoms with Gasteiger partial charge in [-0.3, -0.25) is 4.79 Å². The summed E-state index contributed by atoms with van der Waals surface area (Å²) in [6, 6.07) is 8.44. The Labute approximate surface area is 129 Å². The Morgan fingerprint density at radius 1 is 1.18 bits per heavy atom. The molecule has 1 aromatic carbocycles. The molecule has 2 rings (SSSR count). The third kappa shape index (κ3) is 3.66. The highest BCUT2D eigenvalue weighted by Gasteiger charge is 2.13. The normalized spacial score (nSPS) is 9.95. The molecular weight excluding hydrogens is 284 g/mol. The lowest BCUT2D eigenvalue weighted by molar-refractivity contribution is 0.102. The molecule has 116 valence electrons. The van der Waals surface area contributed by atoms with Crippen LogP contribution in [0.1, 0.15) is 17.3 Å². The molecule has 0 bridgehead atoms. The lowest BCUT2D eigenvalue weighted by Gasteiger charge is -2.11. The van der Waals surface area contributed by atoms with Gasteiger partial charge in [-0.05, 0) is 31.2 Å². The molecule has 0 aliphatic carbocycles. The number of hydrogen-bond acceptors (Lipinski definition) is 5. The van der Waals surface area contributed by atoms with E-state index < -0.39 is 0 Å². The number of carbonyl (C=O) groups is 1. The highest BCUT2D eigenvalue weighted by atomic mass is 16.5. The Hall–Kier alpha value is -2.76. The topological polar surface area (TPSA) is 69.7 Å². The fraction of sp³-hybridized carbons (Fsp3) is 0.250. The van der Waals surface area contributed by atoms with E-state index >= 15 is 0 Å². The molecule has 1 aromatic heterocycles. The minimum Gasteiger partial charge on any atom is -0.497 e. The summed E-state index contributed by atoms with van der Waals surface area (Å²) in [4.78, 5) is 16.5. The number of nitrogens with zero attached hydrogens (tertiary/aromatic N) is 1. The van der Waals surface area contributed by atoms with Gasteiger partial charge >= 0.3 is 0 Å². The van der Waals surface area contributed by atoms with Gasteiger partial charge in [-0.2, -0.15) is 0 Å². The molecule has 0 saturated carbocycles. The molecule has 1 amide bonds. The largest absolute Gasteiger partial charge is 0.497 e. The van der Waals surface area contributed by atoms with Crippen molar-refractivity contribution in [1.29, 1.82) is 0 Å². The summed E-state index contributed by atoms with van der Waals surface area (Å²) in [5.74, 6) is 1.65. The Morgan fingerprint density at radius 2 is 1.86 bits per heavy atom. The van der Waals surface area contributed by atoms with Crippen molar-refractivity contribution in [3.8, 4) is 17.2 Å². The van der Waals surface area contributed by atoms with Gasteiger partial charge in [0.25, 0.3) is 5.91 Å². The number of nitrogens with one attached hydrogen (secondary N) is 1. The summed E-state index contributed by atoms with van der Waals surface area (Å²) in [5, 5.41) is 2.73. The lowest BCUT2D eigenvalue weighted by Crippen LogP contribution is -2.14. The van der Waals surface area contributed by atoms with Crippen LogP contribution in [0.2, 0.25) is 0 Å². The van der Waals surface area contributed by atoms with Crippen LogP contribution in [0.15, 0.2) is 36.5 Å². The second kappa shape index (κ2) is 7.31. The summed E-state index contributed by atoms with van der Waals surface area (Å²) < 4.78 is 15.8. The number of anilines is 1. The number of hydrogen-bond donors (Lipinski definition) is 1. The molecule has 0 aliphatic rings. The Kier molecular flexibility index (Phi) is 5.19. The third-order valence-corrected chi connectivity index (χ3v) is 2.92. The molecule has 6 heteroatoms. The second-order valence-electron chi connectivity index (χ2n) is 4.34. The van der Waals surface area contributed by atoms with Crippen molar-refractivity contribution in [2.45, 2.75) is 6.92 Å². The molecular formula is C16H18N2O4. The first kappa shape index (κ1) is 15.6. The molecule has 0 unspecified atom stereocenters. The van der Waals surface area contributed by atoms with Gasteiger partial charge in [0.05, 0.1) is 20.8 Å². The quantitative estimate of drug-likeness (QED) is 0.888. The maximum absolute atomic E-state index is 12.4. The number of amides is 1. The van der Waals surface area contributed by atoms with Crippen LogP contribution in [-0.4, -0.2) is 31.7 Å². The molecule has 0 atom stereocenters. The molecule has 6 nitrogen and oxygen atoms in total. The van der Waals surface area contributed by atoms with Gasteiger partial charge in [0.15, 0.2) is 11.6 Å². The van der Waals surface area contributed by atoms with E-state index in [-0.39, 0.29) is 5.91 Å². The van der Waals surface area contributed by atoms with Crippen LogP contribution in [0.3, 0.4) is 0 Å². The fourth-order valence-corrected chi connectivity index (χ4v) is 1.87. The summed E-state index contributed by atoms with van der Waals surface area (Å²) in [6.45, 7) is 2.35. The predicted octanol–water partition coefficient (Wildman–Crippen LogP) is 2.75. The highest BCUT2D eigenvalue weighted by molar-refractivity contribution is 6.05. The maximum Gasteiger partial charge on any atom is 0.257 e. The number of rotatable bonds is 6. The summed E-state index contributed by atoms with van der Waals surface area (Å²) in [7, 11) is 3.06. The summed E-state index contributed by atoms with van der Waals surface area (Å²) >= 11 is 0. The van der Waals surface area contributed by atoms with Crippen molar-refractivity contribution in [1.82, 2.24) is 4.98 Å². The zero-order valence-corrected chi connectivity index (χ0v) is 12.8. The first-order valence-corrected chi connectivity index (χ1v) is 6.80. The highest BCUT2D eigenvalue weighted by Crippen LogP contribution is 2.25. The molecule has 0 aliphatic heterocycles. The van der Waals surface area contributed by atoms with Crippen molar-refractivity contribution in [2.24, 2.45) is 0 Å². The van der Waals surface area contributed by atoms with Crippen LogP contribution in [0.4, 0.5) is 5.82 Å². The minimum atomic E-state index is -0.322. The van der Waals surface area contributed by atoms with Crippen molar-refractivity contribution in [2.75, 3.05) is 26.1 Å².